The topological polar surface area (TPSA) is 92.9 Å². The highest BCUT2D eigenvalue weighted by atomic mass is 32.2. The van der Waals surface area contributed by atoms with Crippen molar-refractivity contribution in [3.8, 4) is 5.69 Å². The Hall–Kier alpha value is -2.09. The largest absolute Gasteiger partial charge is 0.480 e. The standard InChI is InChI=1S/C12H13N5O2S/c18-11(19)10-6-8(7-20-10)13-12-14-15-16-17(12)9-4-2-1-3-5-9/h1-5,8,10H,6-7H2,(H,18,19)(H,13,14,16)/t8-,10-/m0/s1. The van der Waals surface area contributed by atoms with E-state index in [4.69, 9.17) is 5.11 Å². The molecule has 0 radical (unpaired) electrons. The van der Waals surface area contributed by atoms with Crippen molar-refractivity contribution >= 4 is 23.7 Å². The minimum Gasteiger partial charge on any atom is -0.480 e. The number of carboxylic acids is 1. The molecule has 7 nitrogen and oxygen atoms in total. The molecule has 1 aromatic heterocycles. The van der Waals surface area contributed by atoms with Gasteiger partial charge in [0.05, 0.1) is 5.69 Å². The molecule has 1 aliphatic heterocycles. The summed E-state index contributed by atoms with van der Waals surface area (Å²) >= 11 is 1.44. The summed E-state index contributed by atoms with van der Waals surface area (Å²) in [6.07, 6.45) is 0.571. The average Bonchev–Trinajstić information content (AvgIpc) is 3.09. The van der Waals surface area contributed by atoms with Crippen LogP contribution in [0.2, 0.25) is 0 Å². The van der Waals surface area contributed by atoms with Crippen LogP contribution in [0.25, 0.3) is 5.69 Å². The first-order valence-corrected chi connectivity index (χ1v) is 7.23. The van der Waals surface area contributed by atoms with E-state index < -0.39 is 5.97 Å². The van der Waals surface area contributed by atoms with E-state index in [2.05, 4.69) is 20.8 Å². The van der Waals surface area contributed by atoms with E-state index in [1.165, 1.54) is 11.8 Å². The van der Waals surface area contributed by atoms with Crippen molar-refractivity contribution in [2.24, 2.45) is 0 Å². The van der Waals surface area contributed by atoms with Crippen LogP contribution in [0.1, 0.15) is 6.42 Å². The molecule has 20 heavy (non-hydrogen) atoms. The number of hydrogen-bond donors (Lipinski definition) is 2. The molecule has 1 fully saturated rings. The third kappa shape index (κ3) is 2.60. The highest BCUT2D eigenvalue weighted by Crippen LogP contribution is 2.28. The van der Waals surface area contributed by atoms with Gasteiger partial charge in [0.1, 0.15) is 5.25 Å². The molecule has 0 aliphatic carbocycles. The lowest BCUT2D eigenvalue weighted by molar-refractivity contribution is -0.136. The molecular weight excluding hydrogens is 278 g/mol. The molecular formula is C12H13N5O2S. The molecule has 0 unspecified atom stereocenters. The Morgan fingerprint density at radius 3 is 2.90 bits per heavy atom. The zero-order valence-electron chi connectivity index (χ0n) is 10.5. The maximum atomic E-state index is 10.9. The molecule has 0 spiro atoms. The van der Waals surface area contributed by atoms with Crippen molar-refractivity contribution in [2.75, 3.05) is 11.1 Å². The predicted molar refractivity (Wildman–Crippen MR) is 75.1 cm³/mol. The van der Waals surface area contributed by atoms with E-state index in [0.29, 0.717) is 12.4 Å². The average molecular weight is 291 g/mol. The lowest BCUT2D eigenvalue weighted by Crippen LogP contribution is -2.23. The van der Waals surface area contributed by atoms with Crippen LogP contribution in [-0.2, 0) is 4.79 Å². The highest BCUT2D eigenvalue weighted by Gasteiger charge is 2.31. The number of rotatable bonds is 4. The summed E-state index contributed by atoms with van der Waals surface area (Å²) in [6.45, 7) is 0. The Labute approximate surface area is 119 Å². The zero-order chi connectivity index (χ0) is 13.9. The van der Waals surface area contributed by atoms with Crippen molar-refractivity contribution < 1.29 is 9.90 Å². The van der Waals surface area contributed by atoms with E-state index >= 15 is 0 Å². The summed E-state index contributed by atoms with van der Waals surface area (Å²) < 4.78 is 1.61. The Balaban J connectivity index is 1.74. The maximum Gasteiger partial charge on any atom is 0.316 e. The molecule has 2 atom stereocenters. The van der Waals surface area contributed by atoms with Gasteiger partial charge in [-0.15, -0.1) is 11.8 Å². The molecule has 104 valence electrons. The zero-order valence-corrected chi connectivity index (χ0v) is 11.3. The number of tetrazole rings is 1. The van der Waals surface area contributed by atoms with Gasteiger partial charge in [-0.3, -0.25) is 4.79 Å². The minimum absolute atomic E-state index is 0.0644. The van der Waals surface area contributed by atoms with Crippen LogP contribution in [0.3, 0.4) is 0 Å². The summed E-state index contributed by atoms with van der Waals surface area (Å²) in [7, 11) is 0. The summed E-state index contributed by atoms with van der Waals surface area (Å²) in [5.41, 5.74) is 0.862. The van der Waals surface area contributed by atoms with Gasteiger partial charge in [0.25, 0.3) is 0 Å². The number of aromatic nitrogens is 4. The normalized spacial score (nSPS) is 21.8. The molecule has 1 aromatic carbocycles. The predicted octanol–water partition coefficient (Wildman–Crippen LogP) is 1.03. The molecule has 1 aliphatic rings. The number of nitrogens with one attached hydrogen (secondary N) is 1. The van der Waals surface area contributed by atoms with E-state index in [-0.39, 0.29) is 11.3 Å². The van der Waals surface area contributed by atoms with Gasteiger partial charge in [0.15, 0.2) is 0 Å². The lowest BCUT2D eigenvalue weighted by atomic mass is 10.2. The molecule has 2 N–H and O–H groups in total. The highest BCUT2D eigenvalue weighted by molar-refractivity contribution is 8.00. The smallest absolute Gasteiger partial charge is 0.316 e. The van der Waals surface area contributed by atoms with Crippen LogP contribution in [0.5, 0.6) is 0 Å². The third-order valence-electron chi connectivity index (χ3n) is 3.08. The first kappa shape index (κ1) is 12.9. The van der Waals surface area contributed by atoms with Crippen LogP contribution in [0.15, 0.2) is 30.3 Å². The number of benzene rings is 1. The van der Waals surface area contributed by atoms with E-state index in [1.807, 2.05) is 30.3 Å². The van der Waals surface area contributed by atoms with E-state index in [1.54, 1.807) is 4.68 Å². The van der Waals surface area contributed by atoms with Crippen molar-refractivity contribution in [3.63, 3.8) is 0 Å². The monoisotopic (exact) mass is 291 g/mol. The molecule has 2 aromatic rings. The number of para-hydroxylation sites is 1. The second kappa shape index (κ2) is 5.49. The minimum atomic E-state index is -0.762. The molecule has 0 amide bonds. The van der Waals surface area contributed by atoms with Gasteiger partial charge in [-0.05, 0) is 29.0 Å². The van der Waals surface area contributed by atoms with Crippen LogP contribution in [-0.4, -0.2) is 48.3 Å². The molecule has 0 bridgehead atoms. The summed E-state index contributed by atoms with van der Waals surface area (Å²) in [5, 5.41) is 23.4. The van der Waals surface area contributed by atoms with Gasteiger partial charge in [-0.1, -0.05) is 23.3 Å². The number of hydrogen-bond acceptors (Lipinski definition) is 6. The third-order valence-corrected chi connectivity index (χ3v) is 4.47. The van der Waals surface area contributed by atoms with Crippen molar-refractivity contribution in [1.82, 2.24) is 20.2 Å². The Morgan fingerprint density at radius 2 is 2.20 bits per heavy atom. The Bertz CT molecular complexity index is 603. The van der Waals surface area contributed by atoms with Crippen LogP contribution in [0.4, 0.5) is 5.95 Å². The van der Waals surface area contributed by atoms with Gasteiger partial charge in [-0.2, -0.15) is 4.68 Å². The summed E-state index contributed by atoms with van der Waals surface area (Å²) in [6, 6.07) is 9.62. The maximum absolute atomic E-state index is 10.9. The van der Waals surface area contributed by atoms with Crippen molar-refractivity contribution in [1.29, 1.82) is 0 Å². The SMILES string of the molecule is O=C(O)[C@@H]1C[C@H](Nc2nnnn2-c2ccccc2)CS1. The Morgan fingerprint density at radius 1 is 1.40 bits per heavy atom. The molecule has 3 rings (SSSR count). The van der Waals surface area contributed by atoms with Gasteiger partial charge in [0, 0.05) is 11.8 Å². The molecule has 0 saturated carbocycles. The number of carbonyl (C=O) groups is 1. The lowest BCUT2D eigenvalue weighted by Gasteiger charge is -2.12. The van der Waals surface area contributed by atoms with Gasteiger partial charge >= 0.3 is 5.97 Å². The number of nitrogens with zero attached hydrogens (tertiary/aromatic N) is 4. The van der Waals surface area contributed by atoms with Crippen molar-refractivity contribution in [2.45, 2.75) is 17.7 Å². The molecule has 1 saturated heterocycles. The first-order chi connectivity index (χ1) is 9.74. The molecule has 2 heterocycles. The van der Waals surface area contributed by atoms with Gasteiger partial charge in [0.2, 0.25) is 5.95 Å². The number of carboxylic acid groups (broad SMARTS) is 1. The Kier molecular flexibility index (Phi) is 3.55. The number of aliphatic carboxylic acids is 1. The number of thioether (sulfide) groups is 1. The van der Waals surface area contributed by atoms with Crippen LogP contribution >= 0.6 is 11.8 Å². The molecule has 8 heteroatoms. The quantitative estimate of drug-likeness (QED) is 0.869. The fourth-order valence-corrected chi connectivity index (χ4v) is 3.30. The van der Waals surface area contributed by atoms with E-state index in [0.717, 1.165) is 11.4 Å². The first-order valence-electron chi connectivity index (χ1n) is 6.19. The second-order valence-corrected chi connectivity index (χ2v) is 5.72. The fourth-order valence-electron chi connectivity index (χ4n) is 2.10. The second-order valence-electron chi connectivity index (χ2n) is 4.49. The van der Waals surface area contributed by atoms with Crippen LogP contribution < -0.4 is 5.32 Å². The summed E-state index contributed by atoms with van der Waals surface area (Å²) in [4.78, 5) is 10.9. The van der Waals surface area contributed by atoms with Crippen LogP contribution in [0, 0.1) is 0 Å². The summed E-state index contributed by atoms with van der Waals surface area (Å²) in [5.74, 6) is 0.508. The number of anilines is 1. The van der Waals surface area contributed by atoms with E-state index in [9.17, 15) is 4.79 Å². The van der Waals surface area contributed by atoms with Gasteiger partial charge < -0.3 is 10.4 Å². The van der Waals surface area contributed by atoms with Crippen molar-refractivity contribution in [3.05, 3.63) is 30.3 Å². The fraction of sp³-hybridized carbons (Fsp3) is 0.333. The van der Waals surface area contributed by atoms with Gasteiger partial charge in [-0.25, -0.2) is 0 Å².